The summed E-state index contributed by atoms with van der Waals surface area (Å²) in [7, 11) is 1.55. The van der Waals surface area contributed by atoms with Crippen molar-refractivity contribution in [3.05, 3.63) is 70.8 Å². The number of nitrogens with one attached hydrogen (secondary N) is 2. The number of ether oxygens (including phenoxy) is 1. The van der Waals surface area contributed by atoms with E-state index < -0.39 is 6.10 Å². The molecule has 4 nitrogen and oxygen atoms in total. The second-order valence-electron chi connectivity index (χ2n) is 5.45. The van der Waals surface area contributed by atoms with E-state index in [0.29, 0.717) is 6.54 Å². The number of methoxy groups -OCH3 is 1. The van der Waals surface area contributed by atoms with Crippen LogP contribution in [0.25, 0.3) is 0 Å². The molecule has 1 atom stereocenters. The number of benzene rings is 2. The van der Waals surface area contributed by atoms with Gasteiger partial charge in [-0.3, -0.25) is 4.79 Å². The molecule has 1 heterocycles. The van der Waals surface area contributed by atoms with E-state index in [1.807, 2.05) is 30.3 Å². The topological polar surface area (TPSA) is 50.4 Å². The van der Waals surface area contributed by atoms with Crippen LogP contribution in [-0.4, -0.2) is 13.0 Å². The van der Waals surface area contributed by atoms with Gasteiger partial charge in [0.15, 0.2) is 6.10 Å². The molecule has 0 saturated carbocycles. The van der Waals surface area contributed by atoms with Crippen LogP contribution >= 0.6 is 12.4 Å². The third kappa shape index (κ3) is 4.10. The van der Waals surface area contributed by atoms with E-state index in [9.17, 15) is 4.79 Å². The number of amides is 1. The minimum Gasteiger partial charge on any atom is -0.367 e. The Morgan fingerprint density at radius 3 is 2.65 bits per heavy atom. The molecule has 1 amide bonds. The molecular formula is C18H21ClN2O2. The first-order valence-electron chi connectivity index (χ1n) is 7.45. The van der Waals surface area contributed by atoms with E-state index in [1.54, 1.807) is 7.11 Å². The van der Waals surface area contributed by atoms with Crippen molar-refractivity contribution in [2.45, 2.75) is 25.7 Å². The molecule has 122 valence electrons. The zero-order chi connectivity index (χ0) is 15.4. The highest BCUT2D eigenvalue weighted by atomic mass is 35.5. The summed E-state index contributed by atoms with van der Waals surface area (Å²) >= 11 is 0. The number of hydrogen-bond donors (Lipinski definition) is 2. The first kappa shape index (κ1) is 17.5. The van der Waals surface area contributed by atoms with Gasteiger partial charge in [0.1, 0.15) is 0 Å². The molecule has 2 aromatic carbocycles. The van der Waals surface area contributed by atoms with Gasteiger partial charge in [0.05, 0.1) is 0 Å². The summed E-state index contributed by atoms with van der Waals surface area (Å²) in [6.07, 6.45) is -0.572. The van der Waals surface area contributed by atoms with Gasteiger partial charge in [0.25, 0.3) is 5.91 Å². The van der Waals surface area contributed by atoms with E-state index in [4.69, 9.17) is 4.74 Å². The predicted octanol–water partition coefficient (Wildman–Crippen LogP) is 2.72. The Balaban J connectivity index is 0.00000192. The van der Waals surface area contributed by atoms with Crippen molar-refractivity contribution in [2.75, 3.05) is 7.11 Å². The van der Waals surface area contributed by atoms with E-state index in [0.717, 1.165) is 24.2 Å². The van der Waals surface area contributed by atoms with Crippen molar-refractivity contribution in [2.24, 2.45) is 0 Å². The van der Waals surface area contributed by atoms with Gasteiger partial charge in [0.2, 0.25) is 0 Å². The van der Waals surface area contributed by atoms with Crippen LogP contribution in [0.4, 0.5) is 0 Å². The molecule has 0 fully saturated rings. The predicted molar refractivity (Wildman–Crippen MR) is 92.3 cm³/mol. The molecule has 0 bridgehead atoms. The summed E-state index contributed by atoms with van der Waals surface area (Å²) in [6.45, 7) is 2.35. The number of fused-ring (bicyclic) bond motifs is 1. The van der Waals surface area contributed by atoms with Crippen LogP contribution in [0.5, 0.6) is 0 Å². The maximum Gasteiger partial charge on any atom is 0.254 e. The second kappa shape index (κ2) is 8.11. The molecule has 23 heavy (non-hydrogen) atoms. The van der Waals surface area contributed by atoms with Gasteiger partial charge in [-0.15, -0.1) is 12.4 Å². The fourth-order valence-electron chi connectivity index (χ4n) is 2.76. The normalized spacial score (nSPS) is 13.8. The van der Waals surface area contributed by atoms with Crippen molar-refractivity contribution in [1.82, 2.24) is 10.6 Å². The third-order valence-corrected chi connectivity index (χ3v) is 3.94. The number of carbonyl (C=O) groups excluding carboxylic acids is 1. The van der Waals surface area contributed by atoms with Gasteiger partial charge in [-0.2, -0.15) is 0 Å². The SMILES string of the molecule is COC(C(=O)NCc1ccc2c(c1)CNC2)c1ccccc1.Cl. The lowest BCUT2D eigenvalue weighted by Gasteiger charge is -2.16. The minimum absolute atomic E-state index is 0. The molecule has 1 aliphatic rings. The third-order valence-electron chi connectivity index (χ3n) is 3.94. The average molecular weight is 333 g/mol. The molecule has 2 N–H and O–H groups in total. The lowest BCUT2D eigenvalue weighted by molar-refractivity contribution is -0.131. The highest BCUT2D eigenvalue weighted by molar-refractivity contribution is 5.85. The Morgan fingerprint density at radius 2 is 1.91 bits per heavy atom. The molecule has 0 aromatic heterocycles. The second-order valence-corrected chi connectivity index (χ2v) is 5.45. The molecule has 5 heteroatoms. The fourth-order valence-corrected chi connectivity index (χ4v) is 2.76. The van der Waals surface area contributed by atoms with E-state index in [-0.39, 0.29) is 18.3 Å². The molecule has 0 saturated heterocycles. The van der Waals surface area contributed by atoms with Crippen molar-refractivity contribution in [3.8, 4) is 0 Å². The summed E-state index contributed by atoms with van der Waals surface area (Å²) < 4.78 is 5.34. The average Bonchev–Trinajstić information content (AvgIpc) is 3.02. The van der Waals surface area contributed by atoms with Crippen molar-refractivity contribution < 1.29 is 9.53 Å². The van der Waals surface area contributed by atoms with Crippen LogP contribution < -0.4 is 10.6 Å². The van der Waals surface area contributed by atoms with Gasteiger partial charge in [-0.1, -0.05) is 48.5 Å². The largest absolute Gasteiger partial charge is 0.367 e. The van der Waals surface area contributed by atoms with Crippen molar-refractivity contribution >= 4 is 18.3 Å². The van der Waals surface area contributed by atoms with Crippen LogP contribution in [0, 0.1) is 0 Å². The Kier molecular flexibility index (Phi) is 6.16. The molecule has 0 radical (unpaired) electrons. The quantitative estimate of drug-likeness (QED) is 0.885. The Morgan fingerprint density at radius 1 is 1.17 bits per heavy atom. The first-order valence-corrected chi connectivity index (χ1v) is 7.45. The number of rotatable bonds is 5. The minimum atomic E-state index is -0.572. The Labute approximate surface area is 142 Å². The Hall–Kier alpha value is -1.88. The monoisotopic (exact) mass is 332 g/mol. The summed E-state index contributed by atoms with van der Waals surface area (Å²) in [6, 6.07) is 15.9. The van der Waals surface area contributed by atoms with E-state index in [1.165, 1.54) is 11.1 Å². The van der Waals surface area contributed by atoms with Crippen molar-refractivity contribution in [3.63, 3.8) is 0 Å². The molecule has 3 rings (SSSR count). The standard InChI is InChI=1S/C18H20N2O2.ClH/c1-22-17(14-5-3-2-4-6-14)18(21)20-10-13-7-8-15-11-19-12-16(15)9-13;/h2-9,17,19H,10-12H2,1H3,(H,20,21);1H. The van der Waals surface area contributed by atoms with Gasteiger partial charge in [-0.05, 0) is 22.3 Å². The lowest BCUT2D eigenvalue weighted by Crippen LogP contribution is -2.30. The summed E-state index contributed by atoms with van der Waals surface area (Å²) in [5, 5.41) is 6.28. The highest BCUT2D eigenvalue weighted by Crippen LogP contribution is 2.18. The number of halogens is 1. The molecule has 1 aliphatic heterocycles. The lowest BCUT2D eigenvalue weighted by atomic mass is 10.1. The van der Waals surface area contributed by atoms with E-state index >= 15 is 0 Å². The molecule has 2 aromatic rings. The maximum atomic E-state index is 12.3. The first-order chi connectivity index (χ1) is 10.8. The van der Waals surface area contributed by atoms with Gasteiger partial charge < -0.3 is 15.4 Å². The number of carbonyl (C=O) groups is 1. The van der Waals surface area contributed by atoms with E-state index in [2.05, 4.69) is 28.8 Å². The molecule has 0 spiro atoms. The van der Waals surface area contributed by atoms with Gasteiger partial charge >= 0.3 is 0 Å². The van der Waals surface area contributed by atoms with Crippen LogP contribution in [0.2, 0.25) is 0 Å². The Bertz CT molecular complexity index is 661. The smallest absolute Gasteiger partial charge is 0.254 e. The molecular weight excluding hydrogens is 312 g/mol. The maximum absolute atomic E-state index is 12.3. The summed E-state index contributed by atoms with van der Waals surface area (Å²) in [5.41, 5.74) is 4.63. The van der Waals surface area contributed by atoms with Crippen LogP contribution in [0.15, 0.2) is 48.5 Å². The molecule has 0 aliphatic carbocycles. The molecule has 1 unspecified atom stereocenters. The fraction of sp³-hybridized carbons (Fsp3) is 0.278. The zero-order valence-electron chi connectivity index (χ0n) is 13.0. The highest BCUT2D eigenvalue weighted by Gasteiger charge is 2.19. The van der Waals surface area contributed by atoms with Gasteiger partial charge in [-0.25, -0.2) is 0 Å². The number of hydrogen-bond acceptors (Lipinski definition) is 3. The zero-order valence-corrected chi connectivity index (χ0v) is 13.9. The van der Waals surface area contributed by atoms with Crippen molar-refractivity contribution in [1.29, 1.82) is 0 Å². The summed E-state index contributed by atoms with van der Waals surface area (Å²) in [4.78, 5) is 12.3. The summed E-state index contributed by atoms with van der Waals surface area (Å²) in [5.74, 6) is -0.118. The van der Waals surface area contributed by atoms with Crippen LogP contribution in [0.1, 0.15) is 28.4 Å². The van der Waals surface area contributed by atoms with Crippen LogP contribution in [-0.2, 0) is 29.2 Å². The van der Waals surface area contributed by atoms with Gasteiger partial charge in [0, 0.05) is 26.7 Å². The van der Waals surface area contributed by atoms with Crippen LogP contribution in [0.3, 0.4) is 0 Å².